The average molecular weight is 404 g/mol. The largest absolute Gasteiger partial charge is 0.493 e. The van der Waals surface area contributed by atoms with Gasteiger partial charge in [0.2, 0.25) is 0 Å². The molecule has 0 saturated heterocycles. The molecule has 0 fully saturated rings. The molecule has 0 N–H and O–H groups in total. The number of rotatable bonds is 5. The van der Waals surface area contributed by atoms with E-state index in [9.17, 15) is 4.79 Å². The van der Waals surface area contributed by atoms with E-state index >= 15 is 0 Å². The number of hydrogen-bond acceptors (Lipinski definition) is 3. The van der Waals surface area contributed by atoms with E-state index in [0.717, 1.165) is 46.2 Å². The van der Waals surface area contributed by atoms with Gasteiger partial charge in [0.1, 0.15) is 11.4 Å². The van der Waals surface area contributed by atoms with Gasteiger partial charge in [0.25, 0.3) is 0 Å². The maximum Gasteiger partial charge on any atom is 0.414 e. The summed E-state index contributed by atoms with van der Waals surface area (Å²) in [6.07, 6.45) is 1.72. The second kappa shape index (κ2) is 8.20. The topological polar surface area (TPSA) is 38.8 Å². The second-order valence-corrected chi connectivity index (χ2v) is 8.76. The minimum Gasteiger partial charge on any atom is -0.493 e. The number of hydrogen-bond donors (Lipinski definition) is 0. The molecule has 1 heterocycles. The summed E-state index contributed by atoms with van der Waals surface area (Å²) in [5.41, 5.74) is 2.59. The fourth-order valence-corrected chi connectivity index (χ4v) is 4.00. The molecule has 2 aromatic carbocycles. The zero-order valence-electron chi connectivity index (χ0n) is 17.5. The van der Waals surface area contributed by atoms with Crippen molar-refractivity contribution in [3.63, 3.8) is 0 Å². The maximum atomic E-state index is 12.9. The molecule has 5 heteroatoms. The van der Waals surface area contributed by atoms with Crippen molar-refractivity contribution < 1.29 is 14.3 Å². The quantitative estimate of drug-likeness (QED) is 0.428. The van der Waals surface area contributed by atoms with Crippen molar-refractivity contribution in [2.24, 2.45) is 0 Å². The van der Waals surface area contributed by atoms with Crippen LogP contribution in [0.15, 0.2) is 24.3 Å². The second-order valence-electron chi connectivity index (χ2n) is 8.45. The fourth-order valence-electron chi connectivity index (χ4n) is 3.75. The van der Waals surface area contributed by atoms with E-state index in [4.69, 9.17) is 21.1 Å². The van der Waals surface area contributed by atoms with Crippen LogP contribution >= 0.6 is 11.6 Å². The van der Waals surface area contributed by atoms with Gasteiger partial charge in [-0.2, -0.15) is 0 Å². The number of carbonyl (C=O) groups excluding carboxylic acids is 1. The SMILES string of the molecule is CCCCOc1cc2c(c3c(C)cccc13)C(CCl)CN2C(=O)OC(C)(C)C. The Hall–Kier alpha value is -1.94. The molecule has 0 aromatic heterocycles. The number of carbonyl (C=O) groups is 1. The van der Waals surface area contributed by atoms with Crippen molar-refractivity contribution in [1.29, 1.82) is 0 Å². The van der Waals surface area contributed by atoms with Gasteiger partial charge in [0, 0.05) is 29.8 Å². The Balaban J connectivity index is 2.15. The molecule has 152 valence electrons. The van der Waals surface area contributed by atoms with Crippen molar-refractivity contribution in [2.75, 3.05) is 23.9 Å². The molecule has 28 heavy (non-hydrogen) atoms. The van der Waals surface area contributed by atoms with Gasteiger partial charge in [-0.15, -0.1) is 11.6 Å². The first kappa shape index (κ1) is 20.8. The Morgan fingerprint density at radius 2 is 2.07 bits per heavy atom. The predicted molar refractivity (Wildman–Crippen MR) is 116 cm³/mol. The molecule has 1 aliphatic heterocycles. The molecule has 1 unspecified atom stereocenters. The molecule has 0 spiro atoms. The molecule has 0 aliphatic carbocycles. The van der Waals surface area contributed by atoms with E-state index in [1.54, 1.807) is 4.90 Å². The van der Waals surface area contributed by atoms with Crippen molar-refractivity contribution >= 4 is 34.2 Å². The molecule has 0 bridgehead atoms. The smallest absolute Gasteiger partial charge is 0.414 e. The van der Waals surface area contributed by atoms with Crippen LogP contribution < -0.4 is 9.64 Å². The zero-order chi connectivity index (χ0) is 20.5. The number of benzene rings is 2. The number of unbranched alkanes of at least 4 members (excludes halogenated alkanes) is 1. The number of halogens is 1. The van der Waals surface area contributed by atoms with Gasteiger partial charge in [0.05, 0.1) is 12.3 Å². The van der Waals surface area contributed by atoms with Crippen molar-refractivity contribution in [3.05, 3.63) is 35.4 Å². The highest BCUT2D eigenvalue weighted by Crippen LogP contribution is 2.47. The van der Waals surface area contributed by atoms with Crippen LogP contribution in [0.2, 0.25) is 0 Å². The van der Waals surface area contributed by atoms with Crippen LogP contribution in [0, 0.1) is 6.92 Å². The van der Waals surface area contributed by atoms with Gasteiger partial charge in [-0.25, -0.2) is 4.79 Å². The zero-order valence-corrected chi connectivity index (χ0v) is 18.2. The fraction of sp³-hybridized carbons (Fsp3) is 0.522. The number of amides is 1. The van der Waals surface area contributed by atoms with E-state index in [2.05, 4.69) is 26.0 Å². The Morgan fingerprint density at radius 1 is 1.32 bits per heavy atom. The Labute approximate surface area is 172 Å². The predicted octanol–water partition coefficient (Wildman–Crippen LogP) is 6.40. The number of alkyl halides is 1. The summed E-state index contributed by atoms with van der Waals surface area (Å²) in [7, 11) is 0. The van der Waals surface area contributed by atoms with Gasteiger partial charge in [-0.05, 0) is 50.6 Å². The summed E-state index contributed by atoms with van der Waals surface area (Å²) >= 11 is 6.32. The average Bonchev–Trinajstić information content (AvgIpc) is 2.99. The molecule has 1 atom stereocenters. The molecule has 3 rings (SSSR count). The van der Waals surface area contributed by atoms with Crippen LogP contribution in [0.1, 0.15) is 57.6 Å². The first-order valence-electron chi connectivity index (χ1n) is 10.0. The van der Waals surface area contributed by atoms with E-state index in [-0.39, 0.29) is 12.0 Å². The van der Waals surface area contributed by atoms with Gasteiger partial charge < -0.3 is 9.47 Å². The summed E-state index contributed by atoms with van der Waals surface area (Å²) in [5, 5.41) is 2.22. The van der Waals surface area contributed by atoms with Gasteiger partial charge in [-0.3, -0.25) is 4.90 Å². The third-order valence-corrected chi connectivity index (χ3v) is 5.38. The Kier molecular flexibility index (Phi) is 6.09. The third kappa shape index (κ3) is 4.07. The van der Waals surface area contributed by atoms with Crippen LogP contribution in [0.3, 0.4) is 0 Å². The monoisotopic (exact) mass is 403 g/mol. The lowest BCUT2D eigenvalue weighted by Crippen LogP contribution is -2.36. The lowest BCUT2D eigenvalue weighted by atomic mass is 9.92. The third-order valence-electron chi connectivity index (χ3n) is 5.01. The minimum atomic E-state index is -0.552. The number of fused-ring (bicyclic) bond motifs is 3. The molecule has 4 nitrogen and oxygen atoms in total. The molecule has 0 radical (unpaired) electrons. The summed E-state index contributed by atoms with van der Waals surface area (Å²) < 4.78 is 11.8. The van der Waals surface area contributed by atoms with Crippen LogP contribution in [0.4, 0.5) is 10.5 Å². The normalized spacial score (nSPS) is 16.4. The minimum absolute atomic E-state index is 0.0671. The van der Waals surface area contributed by atoms with E-state index < -0.39 is 5.60 Å². The molecule has 1 amide bonds. The van der Waals surface area contributed by atoms with Crippen molar-refractivity contribution in [1.82, 2.24) is 0 Å². The van der Waals surface area contributed by atoms with E-state index in [1.807, 2.05) is 32.9 Å². The maximum absolute atomic E-state index is 12.9. The summed E-state index contributed by atoms with van der Waals surface area (Å²) in [4.78, 5) is 14.6. The van der Waals surface area contributed by atoms with Crippen molar-refractivity contribution in [2.45, 2.75) is 59.0 Å². The van der Waals surface area contributed by atoms with Crippen LogP contribution in [-0.4, -0.2) is 30.7 Å². The van der Waals surface area contributed by atoms with Gasteiger partial charge in [-0.1, -0.05) is 31.5 Å². The Morgan fingerprint density at radius 3 is 2.71 bits per heavy atom. The highest BCUT2D eigenvalue weighted by atomic mass is 35.5. The van der Waals surface area contributed by atoms with E-state index in [0.29, 0.717) is 19.0 Å². The summed E-state index contributed by atoms with van der Waals surface area (Å²) in [5.74, 6) is 1.33. The summed E-state index contributed by atoms with van der Waals surface area (Å²) in [6, 6.07) is 8.22. The van der Waals surface area contributed by atoms with Crippen molar-refractivity contribution in [3.8, 4) is 5.75 Å². The molecule has 1 aliphatic rings. The molecular formula is C23H30ClNO3. The first-order valence-corrected chi connectivity index (χ1v) is 10.6. The van der Waals surface area contributed by atoms with E-state index in [1.165, 1.54) is 0 Å². The lowest BCUT2D eigenvalue weighted by Gasteiger charge is -2.25. The van der Waals surface area contributed by atoms with Crippen LogP contribution in [0.25, 0.3) is 10.8 Å². The standard InChI is InChI=1S/C23H30ClNO3/c1-6-7-11-27-19-12-18-21(20-15(2)9-8-10-17(19)20)16(13-24)14-25(18)22(26)28-23(3,4)5/h8-10,12,16H,6-7,11,13-14H2,1-5H3. The number of aryl methyl sites for hydroxylation is 1. The lowest BCUT2D eigenvalue weighted by molar-refractivity contribution is 0.0582. The highest BCUT2D eigenvalue weighted by Gasteiger charge is 2.37. The molecule has 2 aromatic rings. The number of anilines is 1. The Bertz CT molecular complexity index is 872. The highest BCUT2D eigenvalue weighted by molar-refractivity contribution is 6.19. The first-order chi connectivity index (χ1) is 13.3. The van der Waals surface area contributed by atoms with Gasteiger partial charge >= 0.3 is 6.09 Å². The molecule has 0 saturated carbocycles. The van der Waals surface area contributed by atoms with Crippen LogP contribution in [0.5, 0.6) is 5.75 Å². The summed E-state index contributed by atoms with van der Waals surface area (Å²) in [6.45, 7) is 11.1. The number of nitrogens with zero attached hydrogens (tertiary/aromatic N) is 1. The molecular weight excluding hydrogens is 374 g/mol. The van der Waals surface area contributed by atoms with Gasteiger partial charge in [0.15, 0.2) is 0 Å². The van der Waals surface area contributed by atoms with Crippen LogP contribution in [-0.2, 0) is 4.74 Å². The number of ether oxygens (including phenoxy) is 2.